The second-order valence-electron chi connectivity index (χ2n) is 5.75. The monoisotopic (exact) mass is 281 g/mol. The molecule has 0 radical (unpaired) electrons. The summed E-state index contributed by atoms with van der Waals surface area (Å²) in [5.74, 6) is 0.154. The van der Waals surface area contributed by atoms with Crippen molar-refractivity contribution in [3.8, 4) is 0 Å². The Balaban J connectivity index is 2.24. The zero-order valence-corrected chi connectivity index (χ0v) is 12.8. The summed E-state index contributed by atoms with van der Waals surface area (Å²) in [6.07, 6.45) is 8.35. The largest absolute Gasteiger partial charge is 0.447 e. The minimum atomic E-state index is -0.473. The van der Waals surface area contributed by atoms with Crippen molar-refractivity contribution >= 4 is 12.0 Å². The Hall–Kier alpha value is -1.32. The molecule has 1 unspecified atom stereocenters. The molecule has 4 nitrogen and oxygen atoms in total. The Morgan fingerprint density at radius 3 is 2.65 bits per heavy atom. The number of hydrogen-bond donors (Lipinski definition) is 0. The fraction of sp³-hybridized carbons (Fsp3) is 0.750. The maximum atomic E-state index is 12.1. The van der Waals surface area contributed by atoms with Gasteiger partial charge in [-0.05, 0) is 25.2 Å². The molecule has 0 spiro atoms. The second kappa shape index (κ2) is 8.77. The minimum absolute atomic E-state index is 0.0858. The van der Waals surface area contributed by atoms with Crippen LogP contribution in [0.1, 0.15) is 58.8 Å². The lowest BCUT2D eigenvalue weighted by atomic mass is 10.0. The number of rotatable bonds is 9. The molecule has 0 aromatic heterocycles. The molecular formula is C16H27NO3. The van der Waals surface area contributed by atoms with Gasteiger partial charge in [-0.2, -0.15) is 0 Å². The zero-order chi connectivity index (χ0) is 15.0. The van der Waals surface area contributed by atoms with Gasteiger partial charge in [-0.15, -0.1) is 6.58 Å². The Morgan fingerprint density at radius 1 is 1.35 bits per heavy atom. The Kier molecular flexibility index (Phi) is 7.34. The van der Waals surface area contributed by atoms with E-state index in [1.807, 2.05) is 19.9 Å². The lowest BCUT2D eigenvalue weighted by Crippen LogP contribution is -2.41. The van der Waals surface area contributed by atoms with Gasteiger partial charge in [0.1, 0.15) is 6.61 Å². The Morgan fingerprint density at radius 2 is 2.00 bits per heavy atom. The highest BCUT2D eigenvalue weighted by Gasteiger charge is 2.38. The van der Waals surface area contributed by atoms with Crippen LogP contribution in [0.3, 0.4) is 0 Å². The number of ether oxygens (including phenoxy) is 1. The fourth-order valence-electron chi connectivity index (χ4n) is 2.43. The van der Waals surface area contributed by atoms with Crippen molar-refractivity contribution in [1.82, 2.24) is 4.90 Å². The molecule has 4 heteroatoms. The third-order valence-corrected chi connectivity index (χ3v) is 3.74. The highest BCUT2D eigenvalue weighted by molar-refractivity contribution is 5.93. The number of amides is 2. The third-order valence-electron chi connectivity index (χ3n) is 3.74. The Bertz CT molecular complexity index is 339. The van der Waals surface area contributed by atoms with Crippen LogP contribution in [0.5, 0.6) is 0 Å². The molecule has 0 aromatic carbocycles. The molecule has 1 aliphatic heterocycles. The molecule has 1 atom stereocenters. The van der Waals surface area contributed by atoms with Crippen LogP contribution < -0.4 is 0 Å². The van der Waals surface area contributed by atoms with E-state index in [0.29, 0.717) is 13.0 Å². The van der Waals surface area contributed by atoms with Crippen LogP contribution in [0.25, 0.3) is 0 Å². The number of unbranched alkanes of at least 4 members (excludes halogenated alkanes) is 5. The first kappa shape index (κ1) is 16.7. The maximum Gasteiger partial charge on any atom is 0.416 e. The topological polar surface area (TPSA) is 46.6 Å². The molecule has 1 rings (SSSR count). The lowest BCUT2D eigenvalue weighted by Gasteiger charge is -2.22. The van der Waals surface area contributed by atoms with Crippen LogP contribution >= 0.6 is 0 Å². The summed E-state index contributed by atoms with van der Waals surface area (Å²) in [7, 11) is 0. The smallest absolute Gasteiger partial charge is 0.416 e. The van der Waals surface area contributed by atoms with Crippen molar-refractivity contribution in [1.29, 1.82) is 0 Å². The van der Waals surface area contributed by atoms with E-state index in [1.54, 1.807) is 0 Å². The fourth-order valence-corrected chi connectivity index (χ4v) is 2.43. The first-order valence-corrected chi connectivity index (χ1v) is 7.67. The second-order valence-corrected chi connectivity index (χ2v) is 5.75. The van der Waals surface area contributed by atoms with Gasteiger partial charge < -0.3 is 4.74 Å². The van der Waals surface area contributed by atoms with Gasteiger partial charge in [-0.25, -0.2) is 9.69 Å². The van der Waals surface area contributed by atoms with Gasteiger partial charge in [0.05, 0.1) is 6.04 Å². The quantitative estimate of drug-likeness (QED) is 0.475. The van der Waals surface area contributed by atoms with Crippen LogP contribution in [-0.4, -0.2) is 29.5 Å². The first-order chi connectivity index (χ1) is 9.57. The Labute approximate surface area is 122 Å². The summed E-state index contributed by atoms with van der Waals surface area (Å²) in [5, 5.41) is 0. The highest BCUT2D eigenvalue weighted by Crippen LogP contribution is 2.21. The molecule has 0 N–H and O–H groups in total. The van der Waals surface area contributed by atoms with E-state index >= 15 is 0 Å². The number of hydrogen-bond acceptors (Lipinski definition) is 3. The van der Waals surface area contributed by atoms with Crippen LogP contribution in [-0.2, 0) is 9.53 Å². The van der Waals surface area contributed by atoms with E-state index in [1.165, 1.54) is 17.7 Å². The van der Waals surface area contributed by atoms with Gasteiger partial charge in [-0.3, -0.25) is 4.79 Å². The molecule has 0 aliphatic carbocycles. The minimum Gasteiger partial charge on any atom is -0.447 e. The van der Waals surface area contributed by atoms with E-state index in [0.717, 1.165) is 25.7 Å². The van der Waals surface area contributed by atoms with Crippen molar-refractivity contribution in [2.45, 2.75) is 64.8 Å². The van der Waals surface area contributed by atoms with Crippen LogP contribution in [0, 0.1) is 5.92 Å². The summed E-state index contributed by atoms with van der Waals surface area (Å²) in [6.45, 7) is 8.05. The number of imide groups is 1. The predicted octanol–water partition coefficient (Wildman–Crippen LogP) is 3.91. The zero-order valence-electron chi connectivity index (χ0n) is 12.8. The average molecular weight is 281 g/mol. The van der Waals surface area contributed by atoms with Crippen LogP contribution in [0.4, 0.5) is 4.79 Å². The normalized spacial score (nSPS) is 18.4. The standard InChI is InChI=1S/C16H27NO3/c1-4-5-6-7-8-9-10-11-15(18)17-14(13(2)3)12-20-16(17)19/h4,13-14H,1,5-12H2,2-3H3. The first-order valence-electron chi connectivity index (χ1n) is 7.67. The predicted molar refractivity (Wildman–Crippen MR) is 79.3 cm³/mol. The molecule has 114 valence electrons. The summed E-state index contributed by atoms with van der Waals surface area (Å²) < 4.78 is 4.99. The molecule has 1 saturated heterocycles. The summed E-state index contributed by atoms with van der Waals surface area (Å²) >= 11 is 0. The molecule has 1 heterocycles. The average Bonchev–Trinajstić information content (AvgIpc) is 2.79. The number of cyclic esters (lactones) is 1. The van der Waals surface area contributed by atoms with Gasteiger partial charge in [0.2, 0.25) is 5.91 Å². The van der Waals surface area contributed by atoms with Crippen molar-refractivity contribution in [2.75, 3.05) is 6.61 Å². The maximum absolute atomic E-state index is 12.1. The van der Waals surface area contributed by atoms with E-state index in [-0.39, 0.29) is 17.9 Å². The van der Waals surface area contributed by atoms with E-state index in [9.17, 15) is 9.59 Å². The molecule has 0 aromatic rings. The van der Waals surface area contributed by atoms with Crippen LogP contribution in [0.2, 0.25) is 0 Å². The van der Waals surface area contributed by atoms with Crippen molar-refractivity contribution in [2.24, 2.45) is 5.92 Å². The van der Waals surface area contributed by atoms with Gasteiger partial charge >= 0.3 is 6.09 Å². The van der Waals surface area contributed by atoms with Crippen molar-refractivity contribution < 1.29 is 14.3 Å². The molecule has 2 amide bonds. The molecular weight excluding hydrogens is 254 g/mol. The number of carbonyl (C=O) groups is 2. The van der Waals surface area contributed by atoms with Gasteiger partial charge in [-0.1, -0.05) is 39.2 Å². The van der Waals surface area contributed by atoms with E-state index in [4.69, 9.17) is 4.74 Å². The van der Waals surface area contributed by atoms with Gasteiger partial charge in [0.25, 0.3) is 0 Å². The highest BCUT2D eigenvalue weighted by atomic mass is 16.6. The van der Waals surface area contributed by atoms with E-state index < -0.39 is 6.09 Å². The van der Waals surface area contributed by atoms with E-state index in [2.05, 4.69) is 6.58 Å². The van der Waals surface area contributed by atoms with Crippen molar-refractivity contribution in [3.63, 3.8) is 0 Å². The molecule has 0 bridgehead atoms. The van der Waals surface area contributed by atoms with Crippen molar-refractivity contribution in [3.05, 3.63) is 12.7 Å². The lowest BCUT2D eigenvalue weighted by molar-refractivity contribution is -0.129. The molecule has 0 saturated carbocycles. The molecule has 20 heavy (non-hydrogen) atoms. The number of carbonyl (C=O) groups excluding carboxylic acids is 2. The summed E-state index contributed by atoms with van der Waals surface area (Å²) in [5.41, 5.74) is 0. The molecule has 1 fully saturated rings. The van der Waals surface area contributed by atoms with Crippen LogP contribution in [0.15, 0.2) is 12.7 Å². The number of nitrogens with zero attached hydrogens (tertiary/aromatic N) is 1. The summed E-state index contributed by atoms with van der Waals surface area (Å²) in [6, 6.07) is -0.0948. The van der Waals surface area contributed by atoms with Gasteiger partial charge in [0.15, 0.2) is 0 Å². The number of allylic oxidation sites excluding steroid dienone is 1. The third kappa shape index (κ3) is 4.99. The SMILES string of the molecule is C=CCCCCCCCC(=O)N1C(=O)OCC1C(C)C. The summed E-state index contributed by atoms with van der Waals surface area (Å²) in [4.78, 5) is 25.1. The van der Waals surface area contributed by atoms with Gasteiger partial charge in [0, 0.05) is 6.42 Å². The molecule has 1 aliphatic rings.